The second-order valence-corrected chi connectivity index (χ2v) is 6.72. The van der Waals surface area contributed by atoms with E-state index in [2.05, 4.69) is 6.92 Å². The fraction of sp³-hybridized carbons (Fsp3) is 0.409. The molecule has 2 aromatic rings. The largest absolute Gasteiger partial charge is 0.494 e. The number of para-hydroxylation sites is 1. The van der Waals surface area contributed by atoms with Crippen molar-refractivity contribution in [2.75, 3.05) is 6.61 Å². The lowest BCUT2D eigenvalue weighted by Gasteiger charge is -2.08. The molecule has 0 saturated carbocycles. The Balaban J connectivity index is 1.70. The first kappa shape index (κ1) is 20.3. The predicted molar refractivity (Wildman–Crippen MR) is 106 cm³/mol. The maximum Gasteiger partial charge on any atom is 0.343 e. The number of carbonyl (C=O) groups is 1. The van der Waals surface area contributed by atoms with E-state index >= 15 is 0 Å². The monoisotopic (exact) mass is 374 g/mol. The fourth-order valence-electron chi connectivity index (χ4n) is 2.62. The van der Waals surface area contributed by atoms with Crippen molar-refractivity contribution in [1.82, 2.24) is 0 Å². The van der Waals surface area contributed by atoms with E-state index in [1.54, 1.807) is 48.5 Å². The van der Waals surface area contributed by atoms with Crippen molar-refractivity contribution >= 4 is 17.6 Å². The second kappa shape index (κ2) is 11.6. The average molecular weight is 375 g/mol. The molecule has 0 N–H and O–H groups in total. The third kappa shape index (κ3) is 7.09. The normalized spacial score (nSPS) is 10.5. The molecule has 0 aliphatic carbocycles. The summed E-state index contributed by atoms with van der Waals surface area (Å²) in [7, 11) is 0. The zero-order valence-corrected chi connectivity index (χ0v) is 16.1. The molecule has 0 heterocycles. The molecule has 0 spiro atoms. The van der Waals surface area contributed by atoms with Gasteiger partial charge in [-0.15, -0.1) is 0 Å². The van der Waals surface area contributed by atoms with E-state index in [-0.39, 0.29) is 0 Å². The summed E-state index contributed by atoms with van der Waals surface area (Å²) >= 11 is 6.00. The summed E-state index contributed by atoms with van der Waals surface area (Å²) in [6, 6.07) is 13.9. The number of unbranched alkanes of at least 4 members (excludes halogenated alkanes) is 6. The summed E-state index contributed by atoms with van der Waals surface area (Å²) in [6.07, 6.45) is 8.80. The van der Waals surface area contributed by atoms with Gasteiger partial charge in [0.25, 0.3) is 0 Å². The number of ether oxygens (including phenoxy) is 2. The van der Waals surface area contributed by atoms with E-state index in [4.69, 9.17) is 21.1 Å². The van der Waals surface area contributed by atoms with Crippen molar-refractivity contribution in [1.29, 1.82) is 0 Å². The van der Waals surface area contributed by atoms with Crippen LogP contribution in [0.3, 0.4) is 0 Å². The number of carbonyl (C=O) groups excluding carboxylic acids is 1. The van der Waals surface area contributed by atoms with Gasteiger partial charge in [0, 0.05) is 0 Å². The van der Waals surface area contributed by atoms with E-state index < -0.39 is 5.97 Å². The molecule has 0 bridgehead atoms. The molecule has 0 fully saturated rings. The minimum Gasteiger partial charge on any atom is -0.494 e. The first-order valence-corrected chi connectivity index (χ1v) is 9.78. The van der Waals surface area contributed by atoms with E-state index in [1.807, 2.05) is 0 Å². The quantitative estimate of drug-likeness (QED) is 0.250. The highest BCUT2D eigenvalue weighted by Crippen LogP contribution is 2.24. The van der Waals surface area contributed by atoms with Gasteiger partial charge in [-0.05, 0) is 42.8 Å². The lowest BCUT2D eigenvalue weighted by Crippen LogP contribution is -2.08. The number of esters is 1. The third-order valence-electron chi connectivity index (χ3n) is 4.15. The van der Waals surface area contributed by atoms with Crippen LogP contribution in [0.25, 0.3) is 0 Å². The summed E-state index contributed by atoms with van der Waals surface area (Å²) in [5, 5.41) is 0.412. The Morgan fingerprint density at radius 2 is 1.54 bits per heavy atom. The Hall–Kier alpha value is -2.00. The molecule has 0 aromatic heterocycles. The summed E-state index contributed by atoms with van der Waals surface area (Å²) < 4.78 is 11.0. The van der Waals surface area contributed by atoms with Gasteiger partial charge in [0.1, 0.15) is 11.5 Å². The molecular formula is C22H27ClO3. The number of rotatable bonds is 11. The maximum absolute atomic E-state index is 12.2. The van der Waals surface area contributed by atoms with E-state index in [1.165, 1.54) is 38.5 Å². The molecule has 140 valence electrons. The van der Waals surface area contributed by atoms with Crippen LogP contribution in [0, 0.1) is 0 Å². The minimum atomic E-state index is -0.434. The van der Waals surface area contributed by atoms with Crippen LogP contribution in [0.2, 0.25) is 5.02 Å². The lowest BCUT2D eigenvalue weighted by molar-refractivity contribution is 0.0735. The number of hydrogen-bond acceptors (Lipinski definition) is 3. The van der Waals surface area contributed by atoms with Crippen molar-refractivity contribution in [2.24, 2.45) is 0 Å². The Kier molecular flexibility index (Phi) is 9.05. The molecule has 0 radical (unpaired) electrons. The van der Waals surface area contributed by atoms with Crippen molar-refractivity contribution < 1.29 is 14.3 Å². The highest BCUT2D eigenvalue weighted by molar-refractivity contribution is 6.32. The standard InChI is InChI=1S/C22H27ClO3/c1-2-3-4-5-6-7-10-17-25-19-15-13-18(14-16-19)22(24)26-21-12-9-8-11-20(21)23/h8-9,11-16H,2-7,10,17H2,1H3. The third-order valence-corrected chi connectivity index (χ3v) is 4.46. The molecule has 0 amide bonds. The molecule has 4 heteroatoms. The van der Waals surface area contributed by atoms with Gasteiger partial charge in [-0.3, -0.25) is 0 Å². The summed E-state index contributed by atoms with van der Waals surface area (Å²) in [6.45, 7) is 2.94. The van der Waals surface area contributed by atoms with Gasteiger partial charge >= 0.3 is 5.97 Å². The molecular weight excluding hydrogens is 348 g/mol. The average Bonchev–Trinajstić information content (AvgIpc) is 2.66. The zero-order chi connectivity index (χ0) is 18.6. The van der Waals surface area contributed by atoms with Gasteiger partial charge in [0.15, 0.2) is 0 Å². The minimum absolute atomic E-state index is 0.360. The highest BCUT2D eigenvalue weighted by atomic mass is 35.5. The first-order valence-electron chi connectivity index (χ1n) is 9.40. The molecule has 26 heavy (non-hydrogen) atoms. The highest BCUT2D eigenvalue weighted by Gasteiger charge is 2.10. The topological polar surface area (TPSA) is 35.5 Å². The fourth-order valence-corrected chi connectivity index (χ4v) is 2.80. The maximum atomic E-state index is 12.2. The number of halogens is 1. The molecule has 2 rings (SSSR count). The summed E-state index contributed by atoms with van der Waals surface area (Å²) in [4.78, 5) is 12.2. The van der Waals surface area contributed by atoms with Crippen LogP contribution in [0.15, 0.2) is 48.5 Å². The van der Waals surface area contributed by atoms with Crippen LogP contribution in [0.5, 0.6) is 11.5 Å². The smallest absolute Gasteiger partial charge is 0.343 e. The van der Waals surface area contributed by atoms with E-state index in [0.29, 0.717) is 22.9 Å². The number of benzene rings is 2. The molecule has 2 aromatic carbocycles. The van der Waals surface area contributed by atoms with Crippen LogP contribution < -0.4 is 9.47 Å². The van der Waals surface area contributed by atoms with Crippen LogP contribution in [-0.4, -0.2) is 12.6 Å². The van der Waals surface area contributed by atoms with Gasteiger partial charge in [-0.2, -0.15) is 0 Å². The number of hydrogen-bond donors (Lipinski definition) is 0. The van der Waals surface area contributed by atoms with Gasteiger partial charge in [-0.1, -0.05) is 69.2 Å². The Morgan fingerprint density at radius 1 is 0.885 bits per heavy atom. The van der Waals surface area contributed by atoms with Crippen LogP contribution >= 0.6 is 11.6 Å². The van der Waals surface area contributed by atoms with Gasteiger partial charge < -0.3 is 9.47 Å². The molecule has 0 saturated heterocycles. The van der Waals surface area contributed by atoms with Crippen molar-refractivity contribution in [3.05, 3.63) is 59.1 Å². The zero-order valence-electron chi connectivity index (χ0n) is 15.4. The van der Waals surface area contributed by atoms with Crippen LogP contribution in [-0.2, 0) is 0 Å². The Morgan fingerprint density at radius 3 is 2.23 bits per heavy atom. The molecule has 0 unspecified atom stereocenters. The lowest BCUT2D eigenvalue weighted by atomic mass is 10.1. The van der Waals surface area contributed by atoms with Crippen molar-refractivity contribution in [2.45, 2.75) is 51.9 Å². The van der Waals surface area contributed by atoms with Gasteiger partial charge in [0.05, 0.1) is 17.2 Å². The first-order chi connectivity index (χ1) is 12.7. The van der Waals surface area contributed by atoms with Crippen LogP contribution in [0.1, 0.15) is 62.2 Å². The summed E-state index contributed by atoms with van der Waals surface area (Å²) in [5.74, 6) is 0.695. The van der Waals surface area contributed by atoms with Gasteiger partial charge in [-0.25, -0.2) is 4.79 Å². The van der Waals surface area contributed by atoms with E-state index in [9.17, 15) is 4.79 Å². The Labute approximate surface area is 161 Å². The molecule has 3 nitrogen and oxygen atoms in total. The summed E-state index contributed by atoms with van der Waals surface area (Å²) in [5.41, 5.74) is 0.466. The Bertz CT molecular complexity index is 667. The molecule has 0 aliphatic heterocycles. The molecule has 0 aliphatic rings. The second-order valence-electron chi connectivity index (χ2n) is 6.31. The van der Waals surface area contributed by atoms with Gasteiger partial charge in [0.2, 0.25) is 0 Å². The SMILES string of the molecule is CCCCCCCCCOc1ccc(C(=O)Oc2ccccc2Cl)cc1. The van der Waals surface area contributed by atoms with E-state index in [0.717, 1.165) is 12.2 Å². The van der Waals surface area contributed by atoms with Crippen molar-refractivity contribution in [3.63, 3.8) is 0 Å². The predicted octanol–water partition coefficient (Wildman–Crippen LogP) is 6.69. The van der Waals surface area contributed by atoms with Crippen molar-refractivity contribution in [3.8, 4) is 11.5 Å². The van der Waals surface area contributed by atoms with Crippen LogP contribution in [0.4, 0.5) is 0 Å². The molecule has 0 atom stereocenters.